The highest BCUT2D eigenvalue weighted by Gasteiger charge is 2.26. The van der Waals surface area contributed by atoms with Crippen molar-refractivity contribution in [2.75, 3.05) is 0 Å². The molecule has 0 radical (unpaired) electrons. The van der Waals surface area contributed by atoms with Crippen molar-refractivity contribution in [3.05, 3.63) is 63.5 Å². The van der Waals surface area contributed by atoms with Crippen LogP contribution in [-0.2, 0) is 10.1 Å². The molecular formula is C21H11ClN2O10S2. The molecule has 0 aliphatic heterocycles. The molecule has 4 N–H and O–H groups in total. The van der Waals surface area contributed by atoms with Gasteiger partial charge in [0.1, 0.15) is 5.01 Å². The van der Waals surface area contributed by atoms with Crippen LogP contribution in [0.5, 0.6) is 17.5 Å². The molecule has 0 spiro atoms. The summed E-state index contributed by atoms with van der Waals surface area (Å²) in [5.41, 5.74) is -1.21. The third kappa shape index (κ3) is 3.91. The zero-order valence-corrected chi connectivity index (χ0v) is 19.8. The van der Waals surface area contributed by atoms with Crippen LogP contribution >= 0.6 is 22.9 Å². The van der Waals surface area contributed by atoms with Crippen LogP contribution in [0.3, 0.4) is 0 Å². The van der Waals surface area contributed by atoms with Gasteiger partial charge in [-0.3, -0.25) is 4.55 Å². The highest BCUT2D eigenvalue weighted by atomic mass is 35.5. The topological polar surface area (TPSA) is 189 Å². The molecule has 0 saturated carbocycles. The molecule has 12 nitrogen and oxygen atoms in total. The van der Waals surface area contributed by atoms with Gasteiger partial charge in [-0.2, -0.15) is 8.42 Å². The van der Waals surface area contributed by atoms with Gasteiger partial charge >= 0.3 is 21.7 Å². The highest BCUT2D eigenvalue weighted by Crippen LogP contribution is 2.39. The van der Waals surface area contributed by atoms with Crippen LogP contribution in [0.25, 0.3) is 31.8 Å². The van der Waals surface area contributed by atoms with E-state index in [1.54, 1.807) is 0 Å². The van der Waals surface area contributed by atoms with Crippen LogP contribution in [-0.4, -0.2) is 44.0 Å². The summed E-state index contributed by atoms with van der Waals surface area (Å²) >= 11 is 6.88. The average Bonchev–Trinajstić information content (AvgIpc) is 3.36. The Balaban J connectivity index is 1.58. The minimum absolute atomic E-state index is 0.00474. The molecule has 0 unspecified atom stereocenters. The maximum absolute atomic E-state index is 12.7. The van der Waals surface area contributed by atoms with E-state index in [9.17, 15) is 37.9 Å². The second-order valence-corrected chi connectivity index (χ2v) is 10.1. The van der Waals surface area contributed by atoms with Crippen LogP contribution in [0.1, 0.15) is 10.4 Å². The van der Waals surface area contributed by atoms with E-state index in [-0.39, 0.29) is 21.5 Å². The Morgan fingerprint density at radius 1 is 1.08 bits per heavy atom. The SMILES string of the molecule is O=C(On1c(O)ccc1O)c1ccc2nc(-c3cc4cc(Cl)c(O)c(S(=O)(=O)O)c4oc3=O)sc2c1. The summed E-state index contributed by atoms with van der Waals surface area (Å²) in [7, 11) is -4.99. The normalized spacial score (nSPS) is 11.8. The second kappa shape index (κ2) is 8.23. The summed E-state index contributed by atoms with van der Waals surface area (Å²) in [4.78, 5) is 33.4. The van der Waals surface area contributed by atoms with Gasteiger partial charge in [-0.25, -0.2) is 14.6 Å². The fraction of sp³-hybridized carbons (Fsp3) is 0. The molecule has 0 aliphatic carbocycles. The summed E-state index contributed by atoms with van der Waals surface area (Å²) in [6, 6.07) is 8.94. The average molecular weight is 551 g/mol. The summed E-state index contributed by atoms with van der Waals surface area (Å²) in [6.45, 7) is 0. The van der Waals surface area contributed by atoms with E-state index in [1.165, 1.54) is 24.3 Å². The predicted molar refractivity (Wildman–Crippen MR) is 126 cm³/mol. The number of aromatic hydroxyl groups is 3. The minimum atomic E-state index is -4.99. The van der Waals surface area contributed by atoms with Gasteiger partial charge in [0.05, 0.1) is 26.4 Å². The van der Waals surface area contributed by atoms with Crippen molar-refractivity contribution in [3.8, 4) is 28.1 Å². The maximum Gasteiger partial charge on any atom is 0.363 e. The number of carbonyl (C=O) groups is 1. The van der Waals surface area contributed by atoms with Crippen molar-refractivity contribution < 1.29 is 42.3 Å². The molecule has 0 amide bonds. The molecule has 2 aromatic carbocycles. The number of aromatic nitrogens is 2. The van der Waals surface area contributed by atoms with Crippen molar-refractivity contribution in [3.63, 3.8) is 0 Å². The Morgan fingerprint density at radius 3 is 2.44 bits per heavy atom. The lowest BCUT2D eigenvalue weighted by Gasteiger charge is -2.07. The Labute approximate surface area is 208 Å². The summed E-state index contributed by atoms with van der Waals surface area (Å²) < 4.78 is 39.0. The molecule has 5 aromatic rings. The van der Waals surface area contributed by atoms with Crippen molar-refractivity contribution in [2.24, 2.45) is 0 Å². The molecular weight excluding hydrogens is 540 g/mol. The van der Waals surface area contributed by atoms with E-state index in [4.69, 9.17) is 20.9 Å². The number of benzene rings is 2. The maximum atomic E-state index is 12.7. The first-order valence-corrected chi connectivity index (χ1v) is 12.3. The van der Waals surface area contributed by atoms with E-state index < -0.39 is 54.7 Å². The number of fused-ring (bicyclic) bond motifs is 2. The molecule has 0 bridgehead atoms. The summed E-state index contributed by atoms with van der Waals surface area (Å²) in [6.07, 6.45) is 0. The number of phenols is 1. The van der Waals surface area contributed by atoms with Gasteiger partial charge in [0.25, 0.3) is 0 Å². The van der Waals surface area contributed by atoms with Crippen LogP contribution < -0.4 is 10.5 Å². The largest absolute Gasteiger partial charge is 0.505 e. The third-order valence-electron chi connectivity index (χ3n) is 4.99. The van der Waals surface area contributed by atoms with E-state index in [2.05, 4.69) is 4.98 Å². The van der Waals surface area contributed by atoms with Gasteiger partial charge in [-0.05, 0) is 30.3 Å². The minimum Gasteiger partial charge on any atom is -0.505 e. The fourth-order valence-electron chi connectivity index (χ4n) is 3.38. The fourth-order valence-corrected chi connectivity index (χ4v) is 5.40. The Hall–Kier alpha value is -4.11. The number of hydrogen-bond acceptors (Lipinski definition) is 11. The zero-order valence-electron chi connectivity index (χ0n) is 17.4. The van der Waals surface area contributed by atoms with Crippen LogP contribution in [0.4, 0.5) is 0 Å². The zero-order chi connectivity index (χ0) is 25.9. The molecule has 15 heteroatoms. The third-order valence-corrected chi connectivity index (χ3v) is 7.23. The number of rotatable bonds is 4. The van der Waals surface area contributed by atoms with E-state index >= 15 is 0 Å². The number of nitrogens with zero attached hydrogens (tertiary/aromatic N) is 2. The number of phenolic OH excluding ortho intramolecular Hbond substituents is 1. The van der Waals surface area contributed by atoms with E-state index in [0.29, 0.717) is 14.9 Å². The molecule has 0 atom stereocenters. The van der Waals surface area contributed by atoms with Gasteiger partial charge in [-0.15, -0.1) is 16.1 Å². The number of halogens is 1. The molecule has 5 rings (SSSR count). The Kier molecular flexibility index (Phi) is 5.40. The molecule has 3 heterocycles. The predicted octanol–water partition coefficient (Wildman–Crippen LogP) is 3.16. The molecule has 0 fully saturated rings. The van der Waals surface area contributed by atoms with E-state index in [1.807, 2.05) is 0 Å². The molecule has 184 valence electrons. The first kappa shape index (κ1) is 23.6. The standard InChI is InChI=1S/C21H11ClN2O10S2/c22-11-6-9-5-10(21(29)33-17(9)18(16(11)27)36(30,31)32)19-23-12-2-1-8(7-13(12)35-19)20(28)34-24-14(25)3-4-15(24)26/h1-7,25-27H,(H,30,31,32). The highest BCUT2D eigenvalue weighted by molar-refractivity contribution is 7.86. The molecule has 0 aliphatic rings. The van der Waals surface area contributed by atoms with Gasteiger partial charge < -0.3 is 24.6 Å². The van der Waals surface area contributed by atoms with Crippen molar-refractivity contribution >= 4 is 60.2 Å². The Morgan fingerprint density at radius 2 is 1.78 bits per heavy atom. The molecule has 3 aromatic heterocycles. The van der Waals surface area contributed by atoms with Crippen molar-refractivity contribution in [2.45, 2.75) is 4.90 Å². The molecule has 36 heavy (non-hydrogen) atoms. The lowest BCUT2D eigenvalue weighted by molar-refractivity contribution is 0.0382. The van der Waals surface area contributed by atoms with E-state index in [0.717, 1.165) is 29.5 Å². The van der Waals surface area contributed by atoms with Gasteiger partial charge in [-0.1, -0.05) is 11.6 Å². The van der Waals surface area contributed by atoms with Gasteiger partial charge in [0, 0.05) is 17.5 Å². The lowest BCUT2D eigenvalue weighted by Crippen LogP contribution is -2.18. The van der Waals surface area contributed by atoms with Crippen molar-refractivity contribution in [1.29, 1.82) is 0 Å². The summed E-state index contributed by atoms with van der Waals surface area (Å²) in [5, 5.41) is 29.0. The smallest absolute Gasteiger partial charge is 0.363 e. The quantitative estimate of drug-likeness (QED) is 0.190. The first-order chi connectivity index (χ1) is 16.9. The monoisotopic (exact) mass is 550 g/mol. The number of thiazole rings is 1. The summed E-state index contributed by atoms with van der Waals surface area (Å²) in [5.74, 6) is -2.85. The van der Waals surface area contributed by atoms with Gasteiger partial charge in [0.15, 0.2) is 16.2 Å². The second-order valence-electron chi connectivity index (χ2n) is 7.30. The van der Waals surface area contributed by atoms with Crippen LogP contribution in [0, 0.1) is 0 Å². The lowest BCUT2D eigenvalue weighted by atomic mass is 10.2. The number of carbonyl (C=O) groups excluding carboxylic acids is 1. The Bertz CT molecular complexity index is 1870. The number of hydrogen-bond donors (Lipinski definition) is 4. The van der Waals surface area contributed by atoms with Crippen LogP contribution in [0.15, 0.2) is 56.6 Å². The van der Waals surface area contributed by atoms with Crippen molar-refractivity contribution in [1.82, 2.24) is 9.71 Å². The van der Waals surface area contributed by atoms with Crippen LogP contribution in [0.2, 0.25) is 5.02 Å². The molecule has 0 saturated heterocycles. The van der Waals surface area contributed by atoms with Gasteiger partial charge in [0.2, 0.25) is 11.8 Å². The first-order valence-electron chi connectivity index (χ1n) is 9.64.